The fraction of sp³-hybridized carbons (Fsp3) is 0.0833. The van der Waals surface area contributed by atoms with Crippen LogP contribution >= 0.6 is 0 Å². The van der Waals surface area contributed by atoms with E-state index in [1.54, 1.807) is 6.21 Å². The van der Waals surface area contributed by atoms with Crippen LogP contribution in [0.15, 0.2) is 28.9 Å². The van der Waals surface area contributed by atoms with E-state index in [1.807, 2.05) is 24.3 Å². The predicted molar refractivity (Wildman–Crippen MR) is 64.3 cm³/mol. The van der Waals surface area contributed by atoms with E-state index in [9.17, 15) is 0 Å². The molecule has 1 aliphatic carbocycles. The van der Waals surface area contributed by atoms with Gasteiger partial charge in [-0.15, -0.1) is 0 Å². The molecule has 0 saturated heterocycles. The lowest BCUT2D eigenvalue weighted by molar-refractivity contribution is 1.41. The van der Waals surface area contributed by atoms with Crippen molar-refractivity contribution in [3.05, 3.63) is 35.0 Å². The minimum atomic E-state index is 0.638. The number of hydrogen-bond acceptors (Lipinski definition) is 3. The fourth-order valence-corrected chi connectivity index (χ4v) is 1.87. The zero-order valence-corrected chi connectivity index (χ0v) is 8.20. The smallest absolute Gasteiger partial charge is 0.0627 e. The average molecular weight is 197 g/mol. The van der Waals surface area contributed by atoms with Gasteiger partial charge in [-0.3, -0.25) is 4.99 Å². The number of nitrogens with two attached hydrogens (primary N) is 2. The van der Waals surface area contributed by atoms with E-state index in [0.29, 0.717) is 11.4 Å². The molecule has 3 nitrogen and oxygen atoms in total. The van der Waals surface area contributed by atoms with Crippen LogP contribution in [0, 0.1) is 0 Å². The Morgan fingerprint density at radius 3 is 2.93 bits per heavy atom. The summed E-state index contributed by atoms with van der Waals surface area (Å²) in [5.41, 5.74) is 17.7. The number of nitrogens with zero attached hydrogens (tertiary/aromatic N) is 1. The lowest BCUT2D eigenvalue weighted by Gasteiger charge is -2.09. The first kappa shape index (κ1) is 8.29. The normalized spacial score (nSPS) is 18.9. The third kappa shape index (κ3) is 1.16. The highest BCUT2D eigenvalue weighted by atomic mass is 14.8. The first-order chi connectivity index (χ1) is 7.27. The summed E-state index contributed by atoms with van der Waals surface area (Å²) in [5, 5.41) is 0. The maximum Gasteiger partial charge on any atom is 0.0627 e. The van der Waals surface area contributed by atoms with Gasteiger partial charge in [0.05, 0.1) is 11.4 Å². The van der Waals surface area contributed by atoms with Crippen molar-refractivity contribution in [3.8, 4) is 0 Å². The van der Waals surface area contributed by atoms with E-state index in [2.05, 4.69) is 4.99 Å². The van der Waals surface area contributed by atoms with Gasteiger partial charge in [-0.2, -0.15) is 0 Å². The second-order valence-electron chi connectivity index (χ2n) is 3.77. The van der Waals surface area contributed by atoms with Gasteiger partial charge in [-0.05, 0) is 23.3 Å². The summed E-state index contributed by atoms with van der Waals surface area (Å²) < 4.78 is 0. The van der Waals surface area contributed by atoms with Crippen molar-refractivity contribution in [3.63, 3.8) is 0 Å². The molecule has 1 aromatic carbocycles. The van der Waals surface area contributed by atoms with Gasteiger partial charge in [0, 0.05) is 23.9 Å². The van der Waals surface area contributed by atoms with Gasteiger partial charge in [0.25, 0.3) is 0 Å². The van der Waals surface area contributed by atoms with Gasteiger partial charge in [-0.1, -0.05) is 12.1 Å². The molecule has 2 aliphatic rings. The van der Waals surface area contributed by atoms with Crippen molar-refractivity contribution >= 4 is 29.2 Å². The van der Waals surface area contributed by atoms with E-state index in [1.165, 1.54) is 11.1 Å². The Labute approximate surface area is 87.8 Å². The molecule has 0 amide bonds. The highest BCUT2D eigenvalue weighted by Crippen LogP contribution is 2.44. The molecule has 4 N–H and O–H groups in total. The number of benzene rings is 1. The topological polar surface area (TPSA) is 64.4 Å². The molecule has 0 atom stereocenters. The number of fused-ring (bicyclic) bond motifs is 2. The molecule has 0 bridgehead atoms. The summed E-state index contributed by atoms with van der Waals surface area (Å²) in [4.78, 5) is 4.30. The van der Waals surface area contributed by atoms with Gasteiger partial charge >= 0.3 is 0 Å². The Hall–Kier alpha value is -2.03. The van der Waals surface area contributed by atoms with Gasteiger partial charge in [-0.25, -0.2) is 0 Å². The van der Waals surface area contributed by atoms with E-state index < -0.39 is 0 Å². The Balaban J connectivity index is 2.29. The highest BCUT2D eigenvalue weighted by molar-refractivity contribution is 5.97. The van der Waals surface area contributed by atoms with Gasteiger partial charge in [0.15, 0.2) is 0 Å². The van der Waals surface area contributed by atoms with E-state index >= 15 is 0 Å². The van der Waals surface area contributed by atoms with Crippen LogP contribution in [-0.4, -0.2) is 6.21 Å². The minimum absolute atomic E-state index is 0.638. The number of hydrogen-bond donors (Lipinski definition) is 2. The minimum Gasteiger partial charge on any atom is -0.397 e. The molecular formula is C12H11N3. The summed E-state index contributed by atoms with van der Waals surface area (Å²) >= 11 is 0. The second-order valence-corrected chi connectivity index (χ2v) is 3.77. The largest absolute Gasteiger partial charge is 0.397 e. The summed E-state index contributed by atoms with van der Waals surface area (Å²) in [6, 6.07) is 3.88. The molecule has 0 saturated carbocycles. The lowest BCUT2D eigenvalue weighted by Crippen LogP contribution is -1.99. The zero-order chi connectivity index (χ0) is 10.4. The molecule has 74 valence electrons. The van der Waals surface area contributed by atoms with Crippen molar-refractivity contribution in [1.82, 2.24) is 0 Å². The molecule has 0 spiro atoms. The highest BCUT2D eigenvalue weighted by Gasteiger charge is 2.25. The monoisotopic (exact) mass is 197 g/mol. The van der Waals surface area contributed by atoms with Crippen LogP contribution < -0.4 is 11.5 Å². The summed E-state index contributed by atoms with van der Waals surface area (Å²) in [5.74, 6) is 0. The maximum atomic E-state index is 5.96. The molecule has 1 heterocycles. The van der Waals surface area contributed by atoms with Gasteiger partial charge in [0.2, 0.25) is 0 Å². The van der Waals surface area contributed by atoms with Gasteiger partial charge < -0.3 is 11.5 Å². The molecular weight excluding hydrogens is 186 g/mol. The first-order valence-corrected chi connectivity index (χ1v) is 4.88. The van der Waals surface area contributed by atoms with Crippen LogP contribution in [0.1, 0.15) is 17.5 Å². The predicted octanol–water partition coefficient (Wildman–Crippen LogP) is 2.06. The Kier molecular flexibility index (Phi) is 1.51. The third-order valence-corrected chi connectivity index (χ3v) is 2.79. The fourth-order valence-electron chi connectivity index (χ4n) is 1.87. The second kappa shape index (κ2) is 2.73. The number of nitrogen functional groups attached to an aromatic ring is 2. The van der Waals surface area contributed by atoms with E-state index in [0.717, 1.165) is 17.7 Å². The van der Waals surface area contributed by atoms with E-state index in [-0.39, 0.29) is 0 Å². The molecule has 3 heteroatoms. The van der Waals surface area contributed by atoms with Crippen molar-refractivity contribution in [2.75, 3.05) is 11.5 Å². The Morgan fingerprint density at radius 2 is 2.07 bits per heavy atom. The van der Waals surface area contributed by atoms with Crippen molar-refractivity contribution in [1.29, 1.82) is 0 Å². The van der Waals surface area contributed by atoms with Crippen molar-refractivity contribution in [2.24, 2.45) is 4.99 Å². The van der Waals surface area contributed by atoms with Crippen LogP contribution in [0.3, 0.4) is 0 Å². The SMILES string of the molecule is Nc1ccc2c(c1N)/C=C\C=NC1=C2C1. The quantitative estimate of drug-likeness (QED) is 0.625. The van der Waals surface area contributed by atoms with Gasteiger partial charge in [0.1, 0.15) is 0 Å². The molecule has 15 heavy (non-hydrogen) atoms. The zero-order valence-electron chi connectivity index (χ0n) is 8.20. The third-order valence-electron chi connectivity index (χ3n) is 2.79. The Bertz CT molecular complexity index is 536. The van der Waals surface area contributed by atoms with Crippen LogP contribution in [0.25, 0.3) is 11.6 Å². The van der Waals surface area contributed by atoms with Crippen LogP contribution in [0.2, 0.25) is 0 Å². The van der Waals surface area contributed by atoms with Crippen LogP contribution in [0.5, 0.6) is 0 Å². The molecule has 1 aliphatic heterocycles. The average Bonchev–Trinajstić information content (AvgIpc) is 2.93. The van der Waals surface area contributed by atoms with Crippen molar-refractivity contribution < 1.29 is 0 Å². The maximum absolute atomic E-state index is 5.96. The molecule has 0 unspecified atom stereocenters. The molecule has 3 rings (SSSR count). The number of rotatable bonds is 0. The lowest BCUT2D eigenvalue weighted by atomic mass is 10.0. The Morgan fingerprint density at radius 1 is 1.20 bits per heavy atom. The molecule has 0 fully saturated rings. The van der Waals surface area contributed by atoms with Crippen LogP contribution in [-0.2, 0) is 0 Å². The number of allylic oxidation sites excluding steroid dienone is 3. The van der Waals surface area contributed by atoms with E-state index in [4.69, 9.17) is 11.5 Å². The summed E-state index contributed by atoms with van der Waals surface area (Å²) in [6.45, 7) is 0. The summed E-state index contributed by atoms with van der Waals surface area (Å²) in [7, 11) is 0. The summed E-state index contributed by atoms with van der Waals surface area (Å²) in [6.07, 6.45) is 6.63. The molecule has 0 radical (unpaired) electrons. The molecule has 0 aromatic heterocycles. The first-order valence-electron chi connectivity index (χ1n) is 4.88. The molecule has 1 aromatic rings. The number of anilines is 2. The number of aliphatic imine (C=N–C) groups is 1. The van der Waals surface area contributed by atoms with Crippen molar-refractivity contribution in [2.45, 2.75) is 6.42 Å². The standard InChI is InChI=1S/C12H11N3/c13-10-4-3-7-8(12(10)14)2-1-5-15-11-6-9(7)11/h1-5H,6,13-14H2/b2-1-,5-1?,8-2?,9-7?,15-5?,15-11?. The van der Waals surface area contributed by atoms with Crippen LogP contribution in [0.4, 0.5) is 11.4 Å².